The molecular formula is C12H14ClNO2. The third-order valence-electron chi connectivity index (χ3n) is 2.93. The lowest BCUT2D eigenvalue weighted by Crippen LogP contribution is -2.25. The first-order valence-corrected chi connectivity index (χ1v) is 5.67. The van der Waals surface area contributed by atoms with Gasteiger partial charge in [0.1, 0.15) is 0 Å². The zero-order valence-electron chi connectivity index (χ0n) is 9.11. The second-order valence-electron chi connectivity index (χ2n) is 4.19. The fourth-order valence-corrected chi connectivity index (χ4v) is 2.18. The lowest BCUT2D eigenvalue weighted by Gasteiger charge is -2.19. The van der Waals surface area contributed by atoms with Gasteiger partial charge in [0.05, 0.1) is 0 Å². The summed E-state index contributed by atoms with van der Waals surface area (Å²) in [5.41, 5.74) is 1.88. The summed E-state index contributed by atoms with van der Waals surface area (Å²) in [6.07, 6.45) is 0.419. The Hall–Kier alpha value is -1.06. The number of aliphatic hydroxyl groups is 1. The summed E-state index contributed by atoms with van der Waals surface area (Å²) in [6, 6.07) is 5.51. The van der Waals surface area contributed by atoms with E-state index in [-0.39, 0.29) is 18.4 Å². The highest BCUT2D eigenvalue weighted by atomic mass is 35.5. The largest absolute Gasteiger partial charge is 0.396 e. The zero-order valence-corrected chi connectivity index (χ0v) is 9.87. The molecule has 3 nitrogen and oxygen atoms in total. The van der Waals surface area contributed by atoms with Crippen LogP contribution in [-0.2, 0) is 4.79 Å². The van der Waals surface area contributed by atoms with Crippen molar-refractivity contribution >= 4 is 23.2 Å². The SMILES string of the molecule is Cc1ccc(Cl)cc1N1CC(CO)CC1=O. The van der Waals surface area contributed by atoms with Crippen molar-refractivity contribution in [3.05, 3.63) is 28.8 Å². The van der Waals surface area contributed by atoms with E-state index in [9.17, 15) is 4.79 Å². The molecule has 0 aromatic heterocycles. The lowest BCUT2D eigenvalue weighted by molar-refractivity contribution is -0.117. The second kappa shape index (κ2) is 4.44. The number of hydrogen-bond acceptors (Lipinski definition) is 2. The fraction of sp³-hybridized carbons (Fsp3) is 0.417. The first kappa shape index (κ1) is 11.4. The summed E-state index contributed by atoms with van der Waals surface area (Å²) in [5.74, 6) is 0.107. The zero-order chi connectivity index (χ0) is 11.7. The van der Waals surface area contributed by atoms with E-state index in [1.165, 1.54) is 0 Å². The molecule has 1 aliphatic heterocycles. The van der Waals surface area contributed by atoms with E-state index in [0.29, 0.717) is 18.0 Å². The number of hydrogen-bond donors (Lipinski definition) is 1. The molecule has 0 aliphatic carbocycles. The molecule has 0 bridgehead atoms. The number of anilines is 1. The van der Waals surface area contributed by atoms with Crippen molar-refractivity contribution in [2.24, 2.45) is 5.92 Å². The molecule has 86 valence electrons. The summed E-state index contributed by atoms with van der Waals surface area (Å²) in [4.78, 5) is 13.5. The van der Waals surface area contributed by atoms with Crippen LogP contribution in [0.2, 0.25) is 5.02 Å². The number of halogens is 1. The van der Waals surface area contributed by atoms with Crippen LogP contribution in [0.4, 0.5) is 5.69 Å². The Kier molecular flexibility index (Phi) is 3.17. The van der Waals surface area contributed by atoms with E-state index in [1.54, 1.807) is 11.0 Å². The minimum atomic E-state index is 0.0471. The van der Waals surface area contributed by atoms with Gasteiger partial charge >= 0.3 is 0 Å². The van der Waals surface area contributed by atoms with Gasteiger partial charge in [-0.15, -0.1) is 0 Å². The number of carbonyl (C=O) groups excluding carboxylic acids is 1. The molecule has 1 heterocycles. The van der Waals surface area contributed by atoms with Gasteiger partial charge in [-0.1, -0.05) is 17.7 Å². The standard InChI is InChI=1S/C12H14ClNO2/c1-8-2-3-10(13)5-11(8)14-6-9(7-15)4-12(14)16/h2-3,5,9,15H,4,6-7H2,1H3. The molecule has 1 atom stereocenters. The average Bonchev–Trinajstić information content (AvgIpc) is 2.63. The number of nitrogens with zero attached hydrogens (tertiary/aromatic N) is 1. The van der Waals surface area contributed by atoms with Crippen LogP contribution in [-0.4, -0.2) is 24.2 Å². The van der Waals surface area contributed by atoms with E-state index in [1.807, 2.05) is 19.1 Å². The van der Waals surface area contributed by atoms with Crippen molar-refractivity contribution in [3.8, 4) is 0 Å². The normalized spacial score (nSPS) is 20.6. The van der Waals surface area contributed by atoms with Gasteiger partial charge in [-0.25, -0.2) is 0 Å². The molecule has 1 aromatic carbocycles. The molecule has 1 N–H and O–H groups in total. The highest BCUT2D eigenvalue weighted by molar-refractivity contribution is 6.31. The predicted molar refractivity (Wildman–Crippen MR) is 63.7 cm³/mol. The molecule has 0 spiro atoms. The van der Waals surface area contributed by atoms with E-state index in [0.717, 1.165) is 11.3 Å². The van der Waals surface area contributed by atoms with Gasteiger partial charge in [0, 0.05) is 36.2 Å². The summed E-state index contributed by atoms with van der Waals surface area (Å²) < 4.78 is 0. The van der Waals surface area contributed by atoms with Crippen molar-refractivity contribution in [1.82, 2.24) is 0 Å². The molecule has 1 fully saturated rings. The number of benzene rings is 1. The van der Waals surface area contributed by atoms with E-state index < -0.39 is 0 Å². The summed E-state index contributed by atoms with van der Waals surface area (Å²) in [7, 11) is 0. The van der Waals surface area contributed by atoms with Crippen molar-refractivity contribution < 1.29 is 9.90 Å². The van der Waals surface area contributed by atoms with Crippen LogP contribution in [0.25, 0.3) is 0 Å². The van der Waals surface area contributed by atoms with Gasteiger partial charge < -0.3 is 10.0 Å². The van der Waals surface area contributed by atoms with Crippen LogP contribution >= 0.6 is 11.6 Å². The maximum Gasteiger partial charge on any atom is 0.227 e. The molecule has 1 aromatic rings. The van der Waals surface area contributed by atoms with E-state index >= 15 is 0 Å². The maximum atomic E-state index is 11.8. The Morgan fingerprint density at radius 3 is 2.94 bits per heavy atom. The lowest BCUT2D eigenvalue weighted by atomic mass is 10.1. The Morgan fingerprint density at radius 1 is 1.56 bits per heavy atom. The molecule has 0 saturated carbocycles. The average molecular weight is 240 g/mol. The van der Waals surface area contributed by atoms with Crippen LogP contribution in [0, 0.1) is 12.8 Å². The van der Waals surface area contributed by atoms with Gasteiger partial charge in [-0.2, -0.15) is 0 Å². The topological polar surface area (TPSA) is 40.5 Å². The Labute approximate surface area is 99.6 Å². The molecular weight excluding hydrogens is 226 g/mol. The molecule has 4 heteroatoms. The van der Waals surface area contributed by atoms with Gasteiger partial charge in [0.2, 0.25) is 5.91 Å². The molecule has 2 rings (SSSR count). The van der Waals surface area contributed by atoms with E-state index in [4.69, 9.17) is 16.7 Å². The molecule has 1 amide bonds. The van der Waals surface area contributed by atoms with Crippen LogP contribution in [0.5, 0.6) is 0 Å². The molecule has 0 radical (unpaired) electrons. The summed E-state index contributed by atoms with van der Waals surface area (Å²) >= 11 is 5.93. The minimum Gasteiger partial charge on any atom is -0.396 e. The van der Waals surface area contributed by atoms with Gasteiger partial charge in [0.25, 0.3) is 0 Å². The Morgan fingerprint density at radius 2 is 2.31 bits per heavy atom. The Bertz CT molecular complexity index is 419. The van der Waals surface area contributed by atoms with Crippen LogP contribution < -0.4 is 4.90 Å². The number of aryl methyl sites for hydroxylation is 1. The maximum absolute atomic E-state index is 11.8. The number of amides is 1. The van der Waals surface area contributed by atoms with Gasteiger partial charge in [-0.05, 0) is 24.6 Å². The van der Waals surface area contributed by atoms with E-state index in [2.05, 4.69) is 0 Å². The van der Waals surface area contributed by atoms with Crippen molar-refractivity contribution in [2.45, 2.75) is 13.3 Å². The summed E-state index contributed by atoms with van der Waals surface area (Å²) in [6.45, 7) is 2.59. The fourth-order valence-electron chi connectivity index (χ4n) is 2.01. The van der Waals surface area contributed by atoms with Crippen molar-refractivity contribution in [3.63, 3.8) is 0 Å². The van der Waals surface area contributed by atoms with Gasteiger partial charge in [0.15, 0.2) is 0 Å². The first-order chi connectivity index (χ1) is 7.61. The number of carbonyl (C=O) groups is 1. The number of aliphatic hydroxyl groups excluding tert-OH is 1. The quantitative estimate of drug-likeness (QED) is 0.858. The monoisotopic (exact) mass is 239 g/mol. The highest BCUT2D eigenvalue weighted by Crippen LogP contribution is 2.29. The third kappa shape index (κ3) is 2.06. The summed E-state index contributed by atoms with van der Waals surface area (Å²) in [5, 5.41) is 9.69. The highest BCUT2D eigenvalue weighted by Gasteiger charge is 2.30. The van der Waals surface area contributed by atoms with Crippen LogP contribution in [0.3, 0.4) is 0 Å². The molecule has 16 heavy (non-hydrogen) atoms. The smallest absolute Gasteiger partial charge is 0.227 e. The van der Waals surface area contributed by atoms with Crippen molar-refractivity contribution in [2.75, 3.05) is 18.1 Å². The van der Waals surface area contributed by atoms with Gasteiger partial charge in [-0.3, -0.25) is 4.79 Å². The molecule has 1 saturated heterocycles. The number of rotatable bonds is 2. The molecule has 1 aliphatic rings. The molecule has 1 unspecified atom stereocenters. The van der Waals surface area contributed by atoms with Crippen molar-refractivity contribution in [1.29, 1.82) is 0 Å². The predicted octanol–water partition coefficient (Wildman–Crippen LogP) is 1.99. The Balaban J connectivity index is 2.30. The second-order valence-corrected chi connectivity index (χ2v) is 4.62. The van der Waals surface area contributed by atoms with Crippen LogP contribution in [0.15, 0.2) is 18.2 Å². The first-order valence-electron chi connectivity index (χ1n) is 5.29. The third-order valence-corrected chi connectivity index (χ3v) is 3.16. The minimum absolute atomic E-state index is 0.0471. The van der Waals surface area contributed by atoms with Crippen LogP contribution in [0.1, 0.15) is 12.0 Å².